The first-order valence-corrected chi connectivity index (χ1v) is 8.35. The minimum Gasteiger partial charge on any atom is -0.469 e. The van der Waals surface area contributed by atoms with Gasteiger partial charge >= 0.3 is 11.9 Å². The van der Waals surface area contributed by atoms with Crippen LogP contribution in [-0.4, -0.2) is 38.0 Å². The van der Waals surface area contributed by atoms with Crippen molar-refractivity contribution in [2.45, 2.75) is 12.8 Å². The van der Waals surface area contributed by atoms with Crippen molar-refractivity contribution in [2.75, 3.05) is 24.9 Å². The fourth-order valence-electron chi connectivity index (χ4n) is 2.31. The predicted molar refractivity (Wildman–Crippen MR) is 102 cm³/mol. The van der Waals surface area contributed by atoms with E-state index in [9.17, 15) is 19.2 Å². The zero-order valence-electron chi connectivity index (χ0n) is 15.5. The first-order chi connectivity index (χ1) is 13.4. The Morgan fingerprint density at radius 3 is 1.25 bits per heavy atom. The monoisotopic (exact) mass is 384 g/mol. The van der Waals surface area contributed by atoms with Crippen molar-refractivity contribution in [3.8, 4) is 11.1 Å². The number of carbonyl (C=O) groups excluding carboxylic acids is 4. The SMILES string of the molecule is COC(=O)CC(=O)Nc1ccc(-c2ccc(NC(=O)CC(=O)OC)cc2)cc1. The summed E-state index contributed by atoms with van der Waals surface area (Å²) in [6, 6.07) is 14.1. The second kappa shape index (κ2) is 9.86. The second-order valence-corrected chi connectivity index (χ2v) is 5.76. The first kappa shape index (κ1) is 20.6. The Bertz CT molecular complexity index is 786. The second-order valence-electron chi connectivity index (χ2n) is 5.76. The van der Waals surface area contributed by atoms with Crippen molar-refractivity contribution >= 4 is 35.1 Å². The molecule has 2 amide bonds. The highest BCUT2D eigenvalue weighted by Crippen LogP contribution is 2.23. The molecule has 2 aromatic carbocycles. The number of hydrogen-bond acceptors (Lipinski definition) is 6. The molecule has 0 saturated heterocycles. The van der Waals surface area contributed by atoms with Gasteiger partial charge in [-0.1, -0.05) is 24.3 Å². The third-order valence-electron chi connectivity index (χ3n) is 3.74. The molecule has 0 saturated carbocycles. The normalized spacial score (nSPS) is 9.93. The lowest BCUT2D eigenvalue weighted by atomic mass is 10.0. The molecule has 2 aromatic rings. The van der Waals surface area contributed by atoms with Gasteiger partial charge in [-0.25, -0.2) is 0 Å². The van der Waals surface area contributed by atoms with Gasteiger partial charge in [0, 0.05) is 11.4 Å². The number of carbonyl (C=O) groups is 4. The molecule has 8 heteroatoms. The standard InChI is InChI=1S/C20H20N2O6/c1-27-19(25)11-17(23)21-15-7-3-13(4-8-15)14-5-9-16(10-6-14)22-18(24)12-20(26)28-2/h3-10H,11-12H2,1-2H3,(H,21,23)(H,22,24). The van der Waals surface area contributed by atoms with Gasteiger partial charge in [0.05, 0.1) is 14.2 Å². The van der Waals surface area contributed by atoms with Crippen LogP contribution in [0.15, 0.2) is 48.5 Å². The highest BCUT2D eigenvalue weighted by atomic mass is 16.5. The predicted octanol–water partition coefficient (Wildman–Crippen LogP) is 2.36. The lowest BCUT2D eigenvalue weighted by molar-refractivity contribution is -0.144. The molecule has 0 aliphatic carbocycles. The zero-order valence-corrected chi connectivity index (χ0v) is 15.5. The summed E-state index contributed by atoms with van der Waals surface area (Å²) in [5.41, 5.74) is 2.92. The summed E-state index contributed by atoms with van der Waals surface area (Å²) >= 11 is 0. The maximum atomic E-state index is 11.7. The van der Waals surface area contributed by atoms with Crippen molar-refractivity contribution in [2.24, 2.45) is 0 Å². The topological polar surface area (TPSA) is 111 Å². The van der Waals surface area contributed by atoms with E-state index in [0.717, 1.165) is 11.1 Å². The van der Waals surface area contributed by atoms with E-state index in [-0.39, 0.29) is 12.8 Å². The largest absolute Gasteiger partial charge is 0.469 e. The summed E-state index contributed by atoms with van der Waals surface area (Å²) in [5, 5.41) is 5.22. The maximum Gasteiger partial charge on any atom is 0.315 e. The summed E-state index contributed by atoms with van der Waals surface area (Å²) in [6.45, 7) is 0. The third kappa shape index (κ3) is 6.24. The fourth-order valence-corrected chi connectivity index (χ4v) is 2.31. The third-order valence-corrected chi connectivity index (χ3v) is 3.74. The van der Waals surface area contributed by atoms with E-state index in [1.54, 1.807) is 24.3 Å². The van der Waals surface area contributed by atoms with E-state index in [1.165, 1.54) is 14.2 Å². The van der Waals surface area contributed by atoms with Crippen LogP contribution in [0.2, 0.25) is 0 Å². The molecule has 28 heavy (non-hydrogen) atoms. The van der Waals surface area contributed by atoms with Gasteiger partial charge in [0.25, 0.3) is 0 Å². The summed E-state index contributed by atoms with van der Waals surface area (Å²) in [7, 11) is 2.44. The number of esters is 2. The zero-order chi connectivity index (χ0) is 20.5. The molecule has 2 N–H and O–H groups in total. The molecule has 0 heterocycles. The Morgan fingerprint density at radius 1 is 0.643 bits per heavy atom. The van der Waals surface area contributed by atoms with E-state index in [1.807, 2.05) is 24.3 Å². The number of anilines is 2. The average Bonchev–Trinajstić information content (AvgIpc) is 2.68. The van der Waals surface area contributed by atoms with E-state index >= 15 is 0 Å². The van der Waals surface area contributed by atoms with E-state index < -0.39 is 23.8 Å². The molecule has 0 aliphatic rings. The maximum absolute atomic E-state index is 11.7. The van der Waals surface area contributed by atoms with Crippen LogP contribution in [-0.2, 0) is 28.7 Å². The van der Waals surface area contributed by atoms with E-state index in [0.29, 0.717) is 11.4 Å². The van der Waals surface area contributed by atoms with Gasteiger partial charge in [0.2, 0.25) is 11.8 Å². The summed E-state index contributed by atoms with van der Waals surface area (Å²) in [5.74, 6) is -2.11. The molecule has 0 unspecified atom stereocenters. The molecule has 0 radical (unpaired) electrons. The Morgan fingerprint density at radius 2 is 0.964 bits per heavy atom. The minimum absolute atomic E-state index is 0.346. The molecule has 0 spiro atoms. The molecule has 0 aliphatic heterocycles. The van der Waals surface area contributed by atoms with Crippen molar-refractivity contribution in [3.63, 3.8) is 0 Å². The summed E-state index contributed by atoms with van der Waals surface area (Å²) in [6.07, 6.45) is -0.692. The number of amides is 2. The van der Waals surface area contributed by atoms with Crippen LogP contribution in [0.4, 0.5) is 11.4 Å². The van der Waals surface area contributed by atoms with Gasteiger partial charge in [-0.2, -0.15) is 0 Å². The van der Waals surface area contributed by atoms with Gasteiger partial charge < -0.3 is 20.1 Å². The highest BCUT2D eigenvalue weighted by Gasteiger charge is 2.11. The molecule has 8 nitrogen and oxygen atoms in total. The molecule has 146 valence electrons. The van der Waals surface area contributed by atoms with Crippen molar-refractivity contribution < 1.29 is 28.7 Å². The smallest absolute Gasteiger partial charge is 0.315 e. The van der Waals surface area contributed by atoms with Gasteiger partial charge in [0.1, 0.15) is 12.8 Å². The molecule has 2 rings (SSSR count). The number of ether oxygens (including phenoxy) is 2. The van der Waals surface area contributed by atoms with Crippen LogP contribution < -0.4 is 10.6 Å². The van der Waals surface area contributed by atoms with Gasteiger partial charge in [-0.3, -0.25) is 19.2 Å². The highest BCUT2D eigenvalue weighted by molar-refractivity contribution is 6.02. The molecule has 0 atom stereocenters. The lowest BCUT2D eigenvalue weighted by Gasteiger charge is -2.08. The van der Waals surface area contributed by atoms with Crippen LogP contribution in [0.5, 0.6) is 0 Å². The van der Waals surface area contributed by atoms with Crippen LogP contribution in [0.1, 0.15) is 12.8 Å². The lowest BCUT2D eigenvalue weighted by Crippen LogP contribution is -2.17. The number of hydrogen-bond donors (Lipinski definition) is 2. The molecular formula is C20H20N2O6. The Labute approximate surface area is 161 Å². The van der Waals surface area contributed by atoms with Crippen LogP contribution in [0.25, 0.3) is 11.1 Å². The number of rotatable bonds is 7. The molecular weight excluding hydrogens is 364 g/mol. The number of nitrogens with one attached hydrogen (secondary N) is 2. The number of methoxy groups -OCH3 is 2. The van der Waals surface area contributed by atoms with E-state index in [4.69, 9.17) is 0 Å². The quantitative estimate of drug-likeness (QED) is 0.560. The Kier molecular flexibility index (Phi) is 7.27. The molecule has 0 fully saturated rings. The minimum atomic E-state index is -0.604. The van der Waals surface area contributed by atoms with Gasteiger partial charge in [-0.15, -0.1) is 0 Å². The Hall–Kier alpha value is -3.68. The summed E-state index contributed by atoms with van der Waals surface area (Å²) < 4.78 is 8.89. The fraction of sp³-hybridized carbons (Fsp3) is 0.200. The van der Waals surface area contributed by atoms with Crippen LogP contribution in [0.3, 0.4) is 0 Å². The van der Waals surface area contributed by atoms with Crippen molar-refractivity contribution in [3.05, 3.63) is 48.5 Å². The first-order valence-electron chi connectivity index (χ1n) is 8.35. The van der Waals surface area contributed by atoms with Crippen molar-refractivity contribution in [1.82, 2.24) is 0 Å². The van der Waals surface area contributed by atoms with Gasteiger partial charge in [-0.05, 0) is 35.4 Å². The number of benzene rings is 2. The van der Waals surface area contributed by atoms with Gasteiger partial charge in [0.15, 0.2) is 0 Å². The molecule has 0 aromatic heterocycles. The van der Waals surface area contributed by atoms with Crippen molar-refractivity contribution in [1.29, 1.82) is 0 Å². The average molecular weight is 384 g/mol. The molecule has 0 bridgehead atoms. The Balaban J connectivity index is 1.96. The summed E-state index contributed by atoms with van der Waals surface area (Å²) in [4.78, 5) is 45.5. The van der Waals surface area contributed by atoms with Crippen LogP contribution >= 0.6 is 0 Å². The van der Waals surface area contributed by atoms with E-state index in [2.05, 4.69) is 20.1 Å². The van der Waals surface area contributed by atoms with Crippen LogP contribution in [0, 0.1) is 0 Å².